The Hall–Kier alpha value is -1.13. The van der Waals surface area contributed by atoms with Crippen LogP contribution >= 0.6 is 0 Å². The minimum atomic E-state index is -1.45. The SMILES string of the molecule is CC1=CC=C(C(=O)[O-])[C@@H](O)[C@H]1O. The van der Waals surface area contributed by atoms with Crippen molar-refractivity contribution in [3.8, 4) is 0 Å². The molecule has 0 spiro atoms. The molecule has 0 aromatic carbocycles. The standard InChI is InChI=1S/C8H10O4/c1-4-2-3-5(8(11)12)7(10)6(4)9/h2-3,6-7,9-10H,1H3,(H,11,12)/p-1/t6-,7+/m0/s1. The van der Waals surface area contributed by atoms with Crippen molar-refractivity contribution in [3.05, 3.63) is 23.3 Å². The van der Waals surface area contributed by atoms with Crippen molar-refractivity contribution in [1.29, 1.82) is 0 Å². The highest BCUT2D eigenvalue weighted by Gasteiger charge is 2.24. The monoisotopic (exact) mass is 169 g/mol. The van der Waals surface area contributed by atoms with Gasteiger partial charge in [-0.2, -0.15) is 0 Å². The van der Waals surface area contributed by atoms with Crippen molar-refractivity contribution in [2.45, 2.75) is 19.1 Å². The Morgan fingerprint density at radius 1 is 1.42 bits per heavy atom. The molecule has 1 aliphatic rings. The van der Waals surface area contributed by atoms with Gasteiger partial charge in [0.15, 0.2) is 0 Å². The van der Waals surface area contributed by atoms with Crippen LogP contribution in [-0.4, -0.2) is 28.4 Å². The van der Waals surface area contributed by atoms with Crippen molar-refractivity contribution < 1.29 is 20.1 Å². The summed E-state index contributed by atoms with van der Waals surface area (Å²) in [7, 11) is 0. The first-order valence-electron chi connectivity index (χ1n) is 3.50. The van der Waals surface area contributed by atoms with Gasteiger partial charge < -0.3 is 20.1 Å². The van der Waals surface area contributed by atoms with Gasteiger partial charge in [0.05, 0.1) is 5.97 Å². The Labute approximate surface area is 69.5 Å². The van der Waals surface area contributed by atoms with E-state index in [1.54, 1.807) is 6.92 Å². The quantitative estimate of drug-likeness (QED) is 0.492. The second-order valence-electron chi connectivity index (χ2n) is 2.71. The number of aliphatic carboxylic acids is 1. The lowest BCUT2D eigenvalue weighted by molar-refractivity contribution is -0.300. The minimum absolute atomic E-state index is 0.284. The van der Waals surface area contributed by atoms with Crippen LogP contribution < -0.4 is 5.11 Å². The summed E-state index contributed by atoms with van der Waals surface area (Å²) in [5.74, 6) is -1.45. The smallest absolute Gasteiger partial charge is 0.110 e. The van der Waals surface area contributed by atoms with Crippen LogP contribution in [0.1, 0.15) is 6.92 Å². The van der Waals surface area contributed by atoms with Gasteiger partial charge in [-0.15, -0.1) is 0 Å². The van der Waals surface area contributed by atoms with Gasteiger partial charge in [-0.3, -0.25) is 0 Å². The largest absolute Gasteiger partial charge is 0.545 e. The number of aliphatic hydroxyl groups is 2. The third-order valence-corrected chi connectivity index (χ3v) is 1.85. The number of aliphatic hydroxyl groups excluding tert-OH is 2. The lowest BCUT2D eigenvalue weighted by Crippen LogP contribution is -2.39. The van der Waals surface area contributed by atoms with E-state index in [0.717, 1.165) is 0 Å². The first-order chi connectivity index (χ1) is 5.54. The van der Waals surface area contributed by atoms with Gasteiger partial charge in [0, 0.05) is 5.57 Å². The van der Waals surface area contributed by atoms with Crippen molar-refractivity contribution in [3.63, 3.8) is 0 Å². The molecule has 0 bridgehead atoms. The zero-order chi connectivity index (χ0) is 9.30. The maximum absolute atomic E-state index is 10.3. The summed E-state index contributed by atoms with van der Waals surface area (Å²) in [6.07, 6.45) is 0.174. The van der Waals surface area contributed by atoms with E-state index in [4.69, 9.17) is 0 Å². The van der Waals surface area contributed by atoms with Gasteiger partial charge in [0.25, 0.3) is 0 Å². The Bertz CT molecular complexity index is 264. The Morgan fingerprint density at radius 2 is 2.00 bits per heavy atom. The molecule has 0 saturated carbocycles. The van der Waals surface area contributed by atoms with Crippen LogP contribution in [0.4, 0.5) is 0 Å². The molecule has 0 aromatic rings. The molecule has 0 aromatic heterocycles. The molecule has 4 nitrogen and oxygen atoms in total. The van der Waals surface area contributed by atoms with E-state index in [1.807, 2.05) is 0 Å². The van der Waals surface area contributed by atoms with Crippen LogP contribution in [0.2, 0.25) is 0 Å². The molecular weight excluding hydrogens is 160 g/mol. The highest BCUT2D eigenvalue weighted by atomic mass is 16.4. The molecule has 0 fully saturated rings. The van der Waals surface area contributed by atoms with E-state index in [1.165, 1.54) is 12.2 Å². The Morgan fingerprint density at radius 3 is 2.50 bits per heavy atom. The van der Waals surface area contributed by atoms with E-state index in [9.17, 15) is 20.1 Å². The molecule has 0 unspecified atom stereocenters. The molecule has 66 valence electrons. The lowest BCUT2D eigenvalue weighted by Gasteiger charge is -2.24. The van der Waals surface area contributed by atoms with E-state index in [2.05, 4.69) is 0 Å². The van der Waals surface area contributed by atoms with Crippen LogP contribution in [0.5, 0.6) is 0 Å². The summed E-state index contributed by atoms with van der Waals surface area (Å²) >= 11 is 0. The van der Waals surface area contributed by atoms with Crippen LogP contribution in [0.15, 0.2) is 23.3 Å². The van der Waals surface area contributed by atoms with Crippen molar-refractivity contribution >= 4 is 5.97 Å². The molecule has 2 N–H and O–H groups in total. The first-order valence-corrected chi connectivity index (χ1v) is 3.50. The second kappa shape index (κ2) is 3.08. The third kappa shape index (κ3) is 1.39. The van der Waals surface area contributed by atoms with Crippen LogP contribution in [0, 0.1) is 0 Å². The third-order valence-electron chi connectivity index (χ3n) is 1.85. The van der Waals surface area contributed by atoms with Gasteiger partial charge in [0.2, 0.25) is 0 Å². The first kappa shape index (κ1) is 8.96. The molecule has 12 heavy (non-hydrogen) atoms. The fraction of sp³-hybridized carbons (Fsp3) is 0.375. The molecule has 1 rings (SSSR count). The van der Waals surface area contributed by atoms with Crippen molar-refractivity contribution in [1.82, 2.24) is 0 Å². The van der Waals surface area contributed by atoms with Gasteiger partial charge in [-0.05, 0) is 12.5 Å². The predicted octanol–water partition coefficient (Wildman–Crippen LogP) is -1.66. The molecule has 0 heterocycles. The van der Waals surface area contributed by atoms with Gasteiger partial charge in [0.1, 0.15) is 12.2 Å². The molecule has 2 atom stereocenters. The van der Waals surface area contributed by atoms with E-state index < -0.39 is 18.2 Å². The zero-order valence-electron chi connectivity index (χ0n) is 6.52. The number of rotatable bonds is 1. The van der Waals surface area contributed by atoms with E-state index >= 15 is 0 Å². The molecule has 0 radical (unpaired) electrons. The van der Waals surface area contributed by atoms with Crippen LogP contribution in [0.3, 0.4) is 0 Å². The number of allylic oxidation sites excluding steroid dienone is 2. The van der Waals surface area contributed by atoms with E-state index in [-0.39, 0.29) is 5.57 Å². The Balaban J connectivity index is 2.97. The normalized spacial score (nSPS) is 29.2. The maximum Gasteiger partial charge on any atom is 0.110 e. The van der Waals surface area contributed by atoms with E-state index in [0.29, 0.717) is 5.57 Å². The maximum atomic E-state index is 10.3. The Kier molecular flexibility index (Phi) is 2.30. The van der Waals surface area contributed by atoms with Gasteiger partial charge in [-0.25, -0.2) is 0 Å². The van der Waals surface area contributed by atoms with Crippen molar-refractivity contribution in [2.75, 3.05) is 0 Å². The number of carbonyl (C=O) groups excluding carboxylic acids is 1. The average Bonchev–Trinajstić information content (AvgIpc) is 2.00. The van der Waals surface area contributed by atoms with Crippen molar-refractivity contribution in [2.24, 2.45) is 0 Å². The molecule has 0 aliphatic heterocycles. The summed E-state index contributed by atoms with van der Waals surface area (Å²) in [5.41, 5.74) is 0.251. The summed E-state index contributed by atoms with van der Waals surface area (Å²) in [6, 6.07) is 0. The van der Waals surface area contributed by atoms with Crippen LogP contribution in [0.25, 0.3) is 0 Å². The fourth-order valence-corrected chi connectivity index (χ4v) is 1.03. The number of carbonyl (C=O) groups is 1. The number of carboxylic acids is 1. The summed E-state index contributed by atoms with van der Waals surface area (Å²) in [6.45, 7) is 1.61. The molecule has 0 saturated heterocycles. The number of hydrogen-bond acceptors (Lipinski definition) is 4. The highest BCUT2D eigenvalue weighted by molar-refractivity contribution is 5.87. The average molecular weight is 169 g/mol. The predicted molar refractivity (Wildman–Crippen MR) is 38.9 cm³/mol. The number of hydrogen-bond donors (Lipinski definition) is 2. The molecule has 1 aliphatic carbocycles. The highest BCUT2D eigenvalue weighted by Crippen LogP contribution is 2.18. The topological polar surface area (TPSA) is 80.6 Å². The number of carboxylic acid groups (broad SMARTS) is 1. The molecule has 0 amide bonds. The molecule has 4 heteroatoms. The minimum Gasteiger partial charge on any atom is -0.545 e. The van der Waals surface area contributed by atoms with Gasteiger partial charge in [-0.1, -0.05) is 12.2 Å². The van der Waals surface area contributed by atoms with Crippen LogP contribution in [-0.2, 0) is 4.79 Å². The zero-order valence-corrected chi connectivity index (χ0v) is 6.52. The fourth-order valence-electron chi connectivity index (χ4n) is 1.03. The van der Waals surface area contributed by atoms with Gasteiger partial charge >= 0.3 is 0 Å². The summed E-state index contributed by atoms with van der Waals surface area (Å²) in [4.78, 5) is 10.3. The molecular formula is C8H9O4-. The lowest BCUT2D eigenvalue weighted by atomic mass is 9.94. The summed E-state index contributed by atoms with van der Waals surface area (Å²) in [5, 5.41) is 28.8. The summed E-state index contributed by atoms with van der Waals surface area (Å²) < 4.78 is 0. The second-order valence-corrected chi connectivity index (χ2v) is 2.71.